The number of likely N-dealkylation sites (N-methyl/N-ethyl adjacent to an activating group) is 1. The summed E-state index contributed by atoms with van der Waals surface area (Å²) in [6.07, 6.45) is 0. The highest BCUT2D eigenvalue weighted by Crippen LogP contribution is 2.28. The Hall–Kier alpha value is -1.22. The fourth-order valence-electron chi connectivity index (χ4n) is 1.72. The monoisotopic (exact) mass is 236 g/mol. The molecule has 0 spiro atoms. The van der Waals surface area contributed by atoms with Crippen molar-refractivity contribution >= 4 is 5.69 Å². The fourth-order valence-corrected chi connectivity index (χ4v) is 1.72. The van der Waals surface area contributed by atoms with Crippen LogP contribution in [0.3, 0.4) is 0 Å². The first-order valence-electron chi connectivity index (χ1n) is 6.11. The highest BCUT2D eigenvalue weighted by Gasteiger charge is 2.07. The quantitative estimate of drug-likeness (QED) is 0.822. The molecule has 1 aromatic carbocycles. The van der Waals surface area contributed by atoms with Gasteiger partial charge in [-0.1, -0.05) is 13.8 Å². The van der Waals surface area contributed by atoms with Gasteiger partial charge in [-0.25, -0.2) is 0 Å². The molecule has 0 fully saturated rings. The van der Waals surface area contributed by atoms with Gasteiger partial charge in [0.25, 0.3) is 0 Å². The van der Waals surface area contributed by atoms with Crippen LogP contribution < -0.4 is 10.1 Å². The third-order valence-corrected chi connectivity index (χ3v) is 2.74. The average Bonchev–Trinajstić information content (AvgIpc) is 2.28. The van der Waals surface area contributed by atoms with E-state index in [0.29, 0.717) is 5.92 Å². The SMILES string of the molecule is COc1ccc(NCCN(C)C)cc1C(C)C. The molecular formula is C14H24N2O. The van der Waals surface area contributed by atoms with E-state index in [1.807, 2.05) is 6.07 Å². The summed E-state index contributed by atoms with van der Waals surface area (Å²) < 4.78 is 5.37. The largest absolute Gasteiger partial charge is 0.496 e. The van der Waals surface area contributed by atoms with Gasteiger partial charge in [-0.2, -0.15) is 0 Å². The van der Waals surface area contributed by atoms with Crippen LogP contribution in [-0.2, 0) is 0 Å². The zero-order valence-corrected chi connectivity index (χ0v) is 11.6. The number of anilines is 1. The summed E-state index contributed by atoms with van der Waals surface area (Å²) in [7, 11) is 5.88. The van der Waals surface area contributed by atoms with Crippen LogP contribution >= 0.6 is 0 Å². The molecule has 1 aromatic rings. The van der Waals surface area contributed by atoms with Gasteiger partial charge in [0.15, 0.2) is 0 Å². The van der Waals surface area contributed by atoms with Gasteiger partial charge < -0.3 is 15.0 Å². The van der Waals surface area contributed by atoms with E-state index in [2.05, 4.69) is 50.3 Å². The molecule has 0 aliphatic carbocycles. The van der Waals surface area contributed by atoms with Gasteiger partial charge in [0.1, 0.15) is 5.75 Å². The van der Waals surface area contributed by atoms with Crippen molar-refractivity contribution in [1.29, 1.82) is 0 Å². The number of hydrogen-bond acceptors (Lipinski definition) is 3. The zero-order valence-electron chi connectivity index (χ0n) is 11.6. The van der Waals surface area contributed by atoms with Crippen LogP contribution in [0.25, 0.3) is 0 Å². The van der Waals surface area contributed by atoms with Gasteiger partial charge in [-0.05, 0) is 43.8 Å². The number of methoxy groups -OCH3 is 1. The van der Waals surface area contributed by atoms with Crippen LogP contribution in [0, 0.1) is 0 Å². The van der Waals surface area contributed by atoms with Crippen molar-refractivity contribution in [2.24, 2.45) is 0 Å². The van der Waals surface area contributed by atoms with E-state index in [0.717, 1.165) is 24.5 Å². The van der Waals surface area contributed by atoms with Crippen LogP contribution in [0.4, 0.5) is 5.69 Å². The Bertz CT molecular complexity index is 348. The van der Waals surface area contributed by atoms with Crippen LogP contribution in [-0.4, -0.2) is 39.2 Å². The van der Waals surface area contributed by atoms with Crippen molar-refractivity contribution in [3.63, 3.8) is 0 Å². The molecule has 0 amide bonds. The summed E-state index contributed by atoms with van der Waals surface area (Å²) in [6, 6.07) is 6.28. The minimum atomic E-state index is 0.473. The molecule has 0 bridgehead atoms. The molecule has 0 saturated heterocycles. The van der Waals surface area contributed by atoms with Crippen molar-refractivity contribution < 1.29 is 4.74 Å². The molecule has 0 radical (unpaired) electrons. The number of hydrogen-bond donors (Lipinski definition) is 1. The van der Waals surface area contributed by atoms with E-state index in [4.69, 9.17) is 4.74 Å². The number of rotatable bonds is 6. The minimum Gasteiger partial charge on any atom is -0.496 e. The van der Waals surface area contributed by atoms with Gasteiger partial charge in [-0.15, -0.1) is 0 Å². The fraction of sp³-hybridized carbons (Fsp3) is 0.571. The summed E-state index contributed by atoms with van der Waals surface area (Å²) in [5.74, 6) is 1.44. The predicted molar refractivity (Wildman–Crippen MR) is 74.1 cm³/mol. The summed E-state index contributed by atoms with van der Waals surface area (Å²) in [5, 5.41) is 3.43. The lowest BCUT2D eigenvalue weighted by Gasteiger charge is -2.15. The molecule has 17 heavy (non-hydrogen) atoms. The van der Waals surface area contributed by atoms with Gasteiger partial charge in [0.05, 0.1) is 7.11 Å². The van der Waals surface area contributed by atoms with Crippen molar-refractivity contribution in [3.8, 4) is 5.75 Å². The lowest BCUT2D eigenvalue weighted by Crippen LogP contribution is -2.20. The number of nitrogens with one attached hydrogen (secondary N) is 1. The van der Waals surface area contributed by atoms with E-state index < -0.39 is 0 Å². The first kappa shape index (κ1) is 13.8. The highest BCUT2D eigenvalue weighted by atomic mass is 16.5. The first-order chi connectivity index (χ1) is 8.04. The van der Waals surface area contributed by atoms with Crippen molar-refractivity contribution in [3.05, 3.63) is 23.8 Å². The maximum atomic E-state index is 5.37. The average molecular weight is 236 g/mol. The lowest BCUT2D eigenvalue weighted by atomic mass is 10.0. The summed E-state index contributed by atoms with van der Waals surface area (Å²) in [5.41, 5.74) is 2.42. The van der Waals surface area contributed by atoms with E-state index in [1.165, 1.54) is 5.56 Å². The summed E-state index contributed by atoms with van der Waals surface area (Å²) >= 11 is 0. The third-order valence-electron chi connectivity index (χ3n) is 2.74. The second kappa shape index (κ2) is 6.50. The summed E-state index contributed by atoms with van der Waals surface area (Å²) in [4.78, 5) is 2.17. The number of benzene rings is 1. The van der Waals surface area contributed by atoms with Crippen molar-refractivity contribution in [2.75, 3.05) is 39.6 Å². The maximum absolute atomic E-state index is 5.37. The molecule has 0 aromatic heterocycles. The first-order valence-corrected chi connectivity index (χ1v) is 6.11. The van der Waals surface area contributed by atoms with Crippen LogP contribution in [0.15, 0.2) is 18.2 Å². The molecule has 3 heteroatoms. The number of ether oxygens (including phenoxy) is 1. The smallest absolute Gasteiger partial charge is 0.122 e. The topological polar surface area (TPSA) is 24.5 Å². The highest BCUT2D eigenvalue weighted by molar-refractivity contribution is 5.52. The van der Waals surface area contributed by atoms with Crippen LogP contribution in [0.5, 0.6) is 5.75 Å². The predicted octanol–water partition coefficient (Wildman–Crippen LogP) is 2.79. The van der Waals surface area contributed by atoms with Gasteiger partial charge >= 0.3 is 0 Å². The maximum Gasteiger partial charge on any atom is 0.122 e. The lowest BCUT2D eigenvalue weighted by molar-refractivity contribution is 0.407. The number of nitrogens with zero attached hydrogens (tertiary/aromatic N) is 1. The van der Waals surface area contributed by atoms with E-state index >= 15 is 0 Å². The Morgan fingerprint density at radius 2 is 2.00 bits per heavy atom. The Balaban J connectivity index is 2.71. The van der Waals surface area contributed by atoms with Crippen molar-refractivity contribution in [1.82, 2.24) is 4.90 Å². The zero-order chi connectivity index (χ0) is 12.8. The molecule has 96 valence electrons. The second-order valence-corrected chi connectivity index (χ2v) is 4.84. The van der Waals surface area contributed by atoms with Gasteiger partial charge in [0.2, 0.25) is 0 Å². The van der Waals surface area contributed by atoms with Crippen molar-refractivity contribution in [2.45, 2.75) is 19.8 Å². The molecule has 0 aliphatic heterocycles. The van der Waals surface area contributed by atoms with E-state index in [-0.39, 0.29) is 0 Å². The normalized spacial score (nSPS) is 11.0. The minimum absolute atomic E-state index is 0.473. The molecular weight excluding hydrogens is 212 g/mol. The Morgan fingerprint density at radius 1 is 1.29 bits per heavy atom. The Morgan fingerprint density at radius 3 is 2.53 bits per heavy atom. The van der Waals surface area contributed by atoms with Crippen LogP contribution in [0.1, 0.15) is 25.3 Å². The second-order valence-electron chi connectivity index (χ2n) is 4.84. The molecule has 0 saturated carbocycles. The molecule has 0 atom stereocenters. The molecule has 0 heterocycles. The molecule has 0 aliphatic rings. The van der Waals surface area contributed by atoms with E-state index in [9.17, 15) is 0 Å². The summed E-state index contributed by atoms with van der Waals surface area (Å²) in [6.45, 7) is 6.35. The van der Waals surface area contributed by atoms with E-state index in [1.54, 1.807) is 7.11 Å². The Kier molecular flexibility index (Phi) is 5.29. The third kappa shape index (κ3) is 4.27. The van der Waals surface area contributed by atoms with Crippen LogP contribution in [0.2, 0.25) is 0 Å². The molecule has 1 N–H and O–H groups in total. The molecule has 3 nitrogen and oxygen atoms in total. The standard InChI is InChI=1S/C14H24N2O/c1-11(2)13-10-12(6-7-14(13)17-5)15-8-9-16(3)4/h6-7,10-11,15H,8-9H2,1-5H3. The molecule has 1 rings (SSSR count). The Labute approximate surface area is 105 Å². The van der Waals surface area contributed by atoms with Gasteiger partial charge in [-0.3, -0.25) is 0 Å². The van der Waals surface area contributed by atoms with Gasteiger partial charge in [0, 0.05) is 18.8 Å². The molecule has 0 unspecified atom stereocenters.